The summed E-state index contributed by atoms with van der Waals surface area (Å²) in [7, 11) is 0. The third-order valence-electron chi connectivity index (χ3n) is 4.56. The largest absolute Gasteiger partial charge is 0.340 e. The molecule has 0 aliphatic carbocycles. The van der Waals surface area contributed by atoms with Crippen LogP contribution in [-0.2, 0) is 4.79 Å². The van der Waals surface area contributed by atoms with Crippen LogP contribution in [-0.4, -0.2) is 61.0 Å². The van der Waals surface area contributed by atoms with Crippen molar-refractivity contribution in [1.29, 1.82) is 0 Å². The molecule has 1 unspecified atom stereocenters. The first-order valence-electron chi connectivity index (χ1n) is 7.89. The summed E-state index contributed by atoms with van der Waals surface area (Å²) >= 11 is 0. The van der Waals surface area contributed by atoms with Gasteiger partial charge in [0.1, 0.15) is 0 Å². The summed E-state index contributed by atoms with van der Waals surface area (Å²) in [5.74, 6) is 1.09. The molecule has 1 N–H and O–H groups in total. The van der Waals surface area contributed by atoms with Gasteiger partial charge in [0.05, 0.1) is 0 Å². The molecule has 0 bridgehead atoms. The average molecular weight is 267 g/mol. The highest BCUT2D eigenvalue weighted by atomic mass is 16.2. The standard InChI is InChI=1S/C15H29N3O/c1-13(2)17-8-10-18(11-9-17)15(19)6-5-14-4-3-7-16-12-14/h13-14,16H,3-12H2,1-2H3. The number of piperidine rings is 1. The minimum absolute atomic E-state index is 0.369. The summed E-state index contributed by atoms with van der Waals surface area (Å²) in [5, 5.41) is 3.42. The van der Waals surface area contributed by atoms with Gasteiger partial charge in [0.15, 0.2) is 0 Å². The van der Waals surface area contributed by atoms with Crippen molar-refractivity contribution in [1.82, 2.24) is 15.1 Å². The maximum atomic E-state index is 12.2. The van der Waals surface area contributed by atoms with Crippen LogP contribution in [0.15, 0.2) is 0 Å². The zero-order valence-corrected chi connectivity index (χ0v) is 12.5. The van der Waals surface area contributed by atoms with Crippen molar-refractivity contribution in [2.24, 2.45) is 5.92 Å². The molecule has 0 aromatic rings. The molecule has 2 rings (SSSR count). The lowest BCUT2D eigenvalue weighted by atomic mass is 9.94. The molecule has 1 amide bonds. The Balaban J connectivity index is 1.66. The smallest absolute Gasteiger partial charge is 0.222 e. The van der Waals surface area contributed by atoms with Crippen molar-refractivity contribution < 1.29 is 4.79 Å². The van der Waals surface area contributed by atoms with E-state index in [0.29, 0.717) is 11.9 Å². The number of hydrogen-bond donors (Lipinski definition) is 1. The number of nitrogens with one attached hydrogen (secondary N) is 1. The van der Waals surface area contributed by atoms with Gasteiger partial charge in [0.25, 0.3) is 0 Å². The van der Waals surface area contributed by atoms with Crippen molar-refractivity contribution in [3.63, 3.8) is 0 Å². The summed E-state index contributed by atoms with van der Waals surface area (Å²) < 4.78 is 0. The van der Waals surface area contributed by atoms with Gasteiger partial charge in [-0.05, 0) is 52.1 Å². The van der Waals surface area contributed by atoms with Crippen LogP contribution in [0, 0.1) is 5.92 Å². The predicted octanol–water partition coefficient (Wildman–Crippen LogP) is 1.32. The summed E-state index contributed by atoms with van der Waals surface area (Å²) in [6.45, 7) is 10.6. The van der Waals surface area contributed by atoms with Crippen LogP contribution in [0.1, 0.15) is 39.5 Å². The summed E-state index contributed by atoms with van der Waals surface area (Å²) in [6.07, 6.45) is 4.37. The third-order valence-corrected chi connectivity index (χ3v) is 4.56. The van der Waals surface area contributed by atoms with Crippen LogP contribution < -0.4 is 5.32 Å². The molecule has 0 radical (unpaired) electrons. The molecule has 0 aromatic carbocycles. The second-order valence-electron chi connectivity index (χ2n) is 6.26. The van der Waals surface area contributed by atoms with E-state index < -0.39 is 0 Å². The van der Waals surface area contributed by atoms with E-state index in [1.54, 1.807) is 0 Å². The van der Waals surface area contributed by atoms with Gasteiger partial charge in [-0.25, -0.2) is 0 Å². The van der Waals surface area contributed by atoms with Gasteiger partial charge in [-0.15, -0.1) is 0 Å². The number of carbonyl (C=O) groups is 1. The Morgan fingerprint density at radius 2 is 2.00 bits per heavy atom. The van der Waals surface area contributed by atoms with Gasteiger partial charge in [-0.1, -0.05) is 0 Å². The number of hydrogen-bond acceptors (Lipinski definition) is 3. The van der Waals surface area contributed by atoms with E-state index in [1.165, 1.54) is 12.8 Å². The predicted molar refractivity (Wildman–Crippen MR) is 78.1 cm³/mol. The van der Waals surface area contributed by atoms with Crippen LogP contribution in [0.25, 0.3) is 0 Å². The Labute approximate surface area is 117 Å². The Kier molecular flexibility index (Phi) is 5.64. The molecule has 2 aliphatic rings. The molecule has 2 fully saturated rings. The fourth-order valence-electron chi connectivity index (χ4n) is 3.14. The number of piperazine rings is 1. The van der Waals surface area contributed by atoms with Gasteiger partial charge in [-0.3, -0.25) is 9.69 Å². The topological polar surface area (TPSA) is 35.6 Å². The van der Waals surface area contributed by atoms with Crippen LogP contribution in [0.2, 0.25) is 0 Å². The molecule has 19 heavy (non-hydrogen) atoms. The fraction of sp³-hybridized carbons (Fsp3) is 0.933. The molecular formula is C15H29N3O. The monoisotopic (exact) mass is 267 g/mol. The minimum atomic E-state index is 0.369. The lowest BCUT2D eigenvalue weighted by Crippen LogP contribution is -2.50. The van der Waals surface area contributed by atoms with Crippen molar-refractivity contribution in [2.75, 3.05) is 39.3 Å². The van der Waals surface area contributed by atoms with Gasteiger partial charge < -0.3 is 10.2 Å². The van der Waals surface area contributed by atoms with Crippen LogP contribution >= 0.6 is 0 Å². The van der Waals surface area contributed by atoms with E-state index >= 15 is 0 Å². The highest BCUT2D eigenvalue weighted by Crippen LogP contribution is 2.17. The first-order valence-corrected chi connectivity index (χ1v) is 7.89. The van der Waals surface area contributed by atoms with E-state index in [9.17, 15) is 4.79 Å². The first-order chi connectivity index (χ1) is 9.16. The van der Waals surface area contributed by atoms with Gasteiger partial charge in [0, 0.05) is 38.6 Å². The summed E-state index contributed by atoms with van der Waals surface area (Å²) in [6, 6.07) is 0.602. The lowest BCUT2D eigenvalue weighted by Gasteiger charge is -2.37. The molecule has 4 nitrogen and oxygen atoms in total. The van der Waals surface area contributed by atoms with Crippen LogP contribution in [0.4, 0.5) is 0 Å². The Hall–Kier alpha value is -0.610. The molecule has 2 saturated heterocycles. The van der Waals surface area contributed by atoms with E-state index in [4.69, 9.17) is 0 Å². The number of nitrogens with zero attached hydrogens (tertiary/aromatic N) is 2. The maximum Gasteiger partial charge on any atom is 0.222 e. The number of amides is 1. The van der Waals surface area contributed by atoms with E-state index in [2.05, 4.69) is 29.0 Å². The molecule has 1 atom stereocenters. The Morgan fingerprint density at radius 1 is 1.26 bits per heavy atom. The molecule has 2 heterocycles. The van der Waals surface area contributed by atoms with Gasteiger partial charge in [0.2, 0.25) is 5.91 Å². The number of carbonyl (C=O) groups excluding carboxylic acids is 1. The molecular weight excluding hydrogens is 238 g/mol. The Bertz CT molecular complexity index is 279. The van der Waals surface area contributed by atoms with E-state index in [0.717, 1.165) is 58.0 Å². The second-order valence-corrected chi connectivity index (χ2v) is 6.26. The Morgan fingerprint density at radius 3 is 2.58 bits per heavy atom. The normalized spacial score (nSPS) is 25.8. The van der Waals surface area contributed by atoms with Gasteiger partial charge >= 0.3 is 0 Å². The molecule has 110 valence electrons. The SMILES string of the molecule is CC(C)N1CCN(C(=O)CCC2CCCNC2)CC1. The van der Waals surface area contributed by atoms with Crippen LogP contribution in [0.3, 0.4) is 0 Å². The zero-order chi connectivity index (χ0) is 13.7. The molecule has 2 aliphatic heterocycles. The van der Waals surface area contributed by atoms with E-state index in [-0.39, 0.29) is 0 Å². The van der Waals surface area contributed by atoms with Crippen molar-refractivity contribution >= 4 is 5.91 Å². The highest BCUT2D eigenvalue weighted by Gasteiger charge is 2.23. The lowest BCUT2D eigenvalue weighted by molar-refractivity contribution is -0.133. The average Bonchev–Trinajstić information content (AvgIpc) is 2.46. The van der Waals surface area contributed by atoms with Crippen LogP contribution in [0.5, 0.6) is 0 Å². The molecule has 0 spiro atoms. The second kappa shape index (κ2) is 7.25. The van der Waals surface area contributed by atoms with Crippen molar-refractivity contribution in [3.8, 4) is 0 Å². The van der Waals surface area contributed by atoms with E-state index in [1.807, 2.05) is 0 Å². The maximum absolute atomic E-state index is 12.2. The molecule has 0 saturated carbocycles. The summed E-state index contributed by atoms with van der Waals surface area (Å²) in [4.78, 5) is 16.7. The van der Waals surface area contributed by atoms with Crippen molar-refractivity contribution in [2.45, 2.75) is 45.6 Å². The summed E-state index contributed by atoms with van der Waals surface area (Å²) in [5.41, 5.74) is 0. The van der Waals surface area contributed by atoms with Crippen molar-refractivity contribution in [3.05, 3.63) is 0 Å². The highest BCUT2D eigenvalue weighted by molar-refractivity contribution is 5.76. The molecule has 0 aromatic heterocycles. The quantitative estimate of drug-likeness (QED) is 0.834. The van der Waals surface area contributed by atoms with Gasteiger partial charge in [-0.2, -0.15) is 0 Å². The first kappa shape index (κ1) is 14.8. The third kappa shape index (κ3) is 4.46. The minimum Gasteiger partial charge on any atom is -0.340 e. The fourth-order valence-corrected chi connectivity index (χ4v) is 3.14. The number of rotatable bonds is 4. The molecule has 4 heteroatoms. The zero-order valence-electron chi connectivity index (χ0n) is 12.5.